The number of nitrogens with one attached hydrogen (secondary N) is 1. The molecule has 1 aromatic carbocycles. The first kappa shape index (κ1) is 10.0. The molecule has 0 radical (unpaired) electrons. The Bertz CT molecular complexity index is 260. The monoisotopic (exact) mass is 179 g/mol. The van der Waals surface area contributed by atoms with Gasteiger partial charge in [0.05, 0.1) is 0 Å². The summed E-state index contributed by atoms with van der Waals surface area (Å²) in [5, 5.41) is 3.23. The molecule has 0 aromatic heterocycles. The second-order valence-corrected chi connectivity index (χ2v) is 3.25. The van der Waals surface area contributed by atoms with Gasteiger partial charge in [0, 0.05) is 24.8 Å². The molecule has 1 atom stereocenters. The average Bonchev–Trinajstić information content (AvgIpc) is 2.14. The SMILES string of the molecule is Cc1cccc(NCC(N)CN)c1. The number of anilines is 1. The lowest BCUT2D eigenvalue weighted by Crippen LogP contribution is -2.36. The van der Waals surface area contributed by atoms with Crippen molar-refractivity contribution in [1.82, 2.24) is 0 Å². The molecule has 3 nitrogen and oxygen atoms in total. The Hall–Kier alpha value is -1.06. The largest absolute Gasteiger partial charge is 0.383 e. The van der Waals surface area contributed by atoms with E-state index in [4.69, 9.17) is 11.5 Å². The van der Waals surface area contributed by atoms with E-state index in [-0.39, 0.29) is 6.04 Å². The Morgan fingerprint density at radius 1 is 1.46 bits per heavy atom. The van der Waals surface area contributed by atoms with Crippen LogP contribution in [-0.2, 0) is 0 Å². The zero-order valence-corrected chi connectivity index (χ0v) is 7.96. The minimum absolute atomic E-state index is 0.0283. The fraction of sp³-hybridized carbons (Fsp3) is 0.400. The molecule has 3 heteroatoms. The van der Waals surface area contributed by atoms with Crippen LogP contribution in [0.1, 0.15) is 5.56 Å². The molecule has 0 aliphatic rings. The minimum atomic E-state index is 0.0283. The van der Waals surface area contributed by atoms with Gasteiger partial charge in [0.2, 0.25) is 0 Å². The topological polar surface area (TPSA) is 64.1 Å². The van der Waals surface area contributed by atoms with Crippen LogP contribution in [0.25, 0.3) is 0 Å². The van der Waals surface area contributed by atoms with Crippen LogP contribution in [0, 0.1) is 6.92 Å². The molecule has 0 heterocycles. The highest BCUT2D eigenvalue weighted by atomic mass is 14.9. The van der Waals surface area contributed by atoms with Crippen molar-refractivity contribution < 1.29 is 0 Å². The fourth-order valence-corrected chi connectivity index (χ4v) is 1.09. The van der Waals surface area contributed by atoms with Gasteiger partial charge in [-0.1, -0.05) is 12.1 Å². The summed E-state index contributed by atoms with van der Waals surface area (Å²) < 4.78 is 0. The van der Waals surface area contributed by atoms with Gasteiger partial charge in [0.25, 0.3) is 0 Å². The zero-order chi connectivity index (χ0) is 9.68. The smallest absolute Gasteiger partial charge is 0.0343 e. The molecule has 72 valence electrons. The van der Waals surface area contributed by atoms with Crippen molar-refractivity contribution in [2.24, 2.45) is 11.5 Å². The quantitative estimate of drug-likeness (QED) is 0.637. The lowest BCUT2D eigenvalue weighted by molar-refractivity contribution is 0.713. The Balaban J connectivity index is 2.45. The van der Waals surface area contributed by atoms with E-state index in [0.29, 0.717) is 6.54 Å². The maximum atomic E-state index is 5.67. The Kier molecular flexibility index (Phi) is 3.73. The van der Waals surface area contributed by atoms with E-state index in [1.807, 2.05) is 12.1 Å². The van der Waals surface area contributed by atoms with Crippen LogP contribution in [0.15, 0.2) is 24.3 Å². The lowest BCUT2D eigenvalue weighted by atomic mass is 10.2. The minimum Gasteiger partial charge on any atom is -0.383 e. The van der Waals surface area contributed by atoms with Gasteiger partial charge in [-0.3, -0.25) is 0 Å². The second-order valence-electron chi connectivity index (χ2n) is 3.25. The van der Waals surface area contributed by atoms with Crippen LogP contribution in [0.3, 0.4) is 0 Å². The zero-order valence-electron chi connectivity index (χ0n) is 7.96. The van der Waals surface area contributed by atoms with Gasteiger partial charge in [-0.15, -0.1) is 0 Å². The maximum Gasteiger partial charge on any atom is 0.0343 e. The van der Waals surface area contributed by atoms with Gasteiger partial charge in [0.15, 0.2) is 0 Å². The molecular formula is C10H17N3. The number of rotatable bonds is 4. The van der Waals surface area contributed by atoms with E-state index in [2.05, 4.69) is 24.4 Å². The van der Waals surface area contributed by atoms with Crippen LogP contribution in [0.2, 0.25) is 0 Å². The summed E-state index contributed by atoms with van der Waals surface area (Å²) in [6, 6.07) is 8.22. The van der Waals surface area contributed by atoms with Gasteiger partial charge in [-0.05, 0) is 24.6 Å². The van der Waals surface area contributed by atoms with E-state index in [1.165, 1.54) is 5.56 Å². The molecule has 0 bridgehead atoms. The molecule has 0 saturated heterocycles. The van der Waals surface area contributed by atoms with E-state index in [0.717, 1.165) is 12.2 Å². The normalized spacial score (nSPS) is 12.5. The van der Waals surface area contributed by atoms with Crippen molar-refractivity contribution in [3.8, 4) is 0 Å². The van der Waals surface area contributed by atoms with Crippen molar-refractivity contribution >= 4 is 5.69 Å². The highest BCUT2D eigenvalue weighted by Gasteiger charge is 1.98. The van der Waals surface area contributed by atoms with Gasteiger partial charge in [-0.2, -0.15) is 0 Å². The van der Waals surface area contributed by atoms with Crippen LogP contribution >= 0.6 is 0 Å². The molecule has 0 saturated carbocycles. The molecule has 0 spiro atoms. The molecule has 1 aromatic rings. The summed E-state index contributed by atoms with van der Waals surface area (Å²) in [4.78, 5) is 0. The van der Waals surface area contributed by atoms with Crippen molar-refractivity contribution in [2.75, 3.05) is 18.4 Å². The molecule has 1 rings (SSSR count). The molecule has 0 amide bonds. The van der Waals surface area contributed by atoms with E-state index in [9.17, 15) is 0 Å². The number of hydrogen-bond acceptors (Lipinski definition) is 3. The average molecular weight is 179 g/mol. The highest BCUT2D eigenvalue weighted by molar-refractivity contribution is 5.45. The number of hydrogen-bond donors (Lipinski definition) is 3. The molecule has 13 heavy (non-hydrogen) atoms. The standard InChI is InChI=1S/C10H17N3/c1-8-3-2-4-10(5-8)13-7-9(12)6-11/h2-5,9,13H,6-7,11-12H2,1H3. The second kappa shape index (κ2) is 4.84. The molecular weight excluding hydrogens is 162 g/mol. The van der Waals surface area contributed by atoms with Gasteiger partial charge in [-0.25, -0.2) is 0 Å². The predicted octanol–water partition coefficient (Wildman–Crippen LogP) is 0.693. The molecule has 0 aliphatic heterocycles. The van der Waals surface area contributed by atoms with Crippen molar-refractivity contribution in [2.45, 2.75) is 13.0 Å². The summed E-state index contributed by atoms with van der Waals surface area (Å²) in [7, 11) is 0. The van der Waals surface area contributed by atoms with Crippen LogP contribution in [-0.4, -0.2) is 19.1 Å². The number of benzene rings is 1. The van der Waals surface area contributed by atoms with Gasteiger partial charge < -0.3 is 16.8 Å². The van der Waals surface area contributed by atoms with Gasteiger partial charge in [0.1, 0.15) is 0 Å². The van der Waals surface area contributed by atoms with Crippen LogP contribution in [0.5, 0.6) is 0 Å². The van der Waals surface area contributed by atoms with Crippen molar-refractivity contribution in [1.29, 1.82) is 0 Å². The third kappa shape index (κ3) is 3.44. The summed E-state index contributed by atoms with van der Waals surface area (Å²) in [6.45, 7) is 3.30. The molecule has 0 fully saturated rings. The highest BCUT2D eigenvalue weighted by Crippen LogP contribution is 2.08. The van der Waals surface area contributed by atoms with Crippen molar-refractivity contribution in [3.63, 3.8) is 0 Å². The summed E-state index contributed by atoms with van der Waals surface area (Å²) in [5.74, 6) is 0. The first-order chi connectivity index (χ1) is 6.22. The summed E-state index contributed by atoms with van der Waals surface area (Å²) >= 11 is 0. The number of nitrogens with two attached hydrogens (primary N) is 2. The first-order valence-corrected chi connectivity index (χ1v) is 4.48. The third-order valence-corrected chi connectivity index (χ3v) is 1.89. The predicted molar refractivity (Wildman–Crippen MR) is 56.7 cm³/mol. The third-order valence-electron chi connectivity index (χ3n) is 1.89. The Labute approximate surface area is 79.1 Å². The summed E-state index contributed by atoms with van der Waals surface area (Å²) in [5.41, 5.74) is 13.4. The molecule has 5 N–H and O–H groups in total. The van der Waals surface area contributed by atoms with Gasteiger partial charge >= 0.3 is 0 Å². The summed E-state index contributed by atoms with van der Waals surface area (Å²) in [6.07, 6.45) is 0. The molecule has 1 unspecified atom stereocenters. The lowest BCUT2D eigenvalue weighted by Gasteiger charge is -2.11. The van der Waals surface area contributed by atoms with E-state index >= 15 is 0 Å². The Morgan fingerprint density at radius 2 is 2.23 bits per heavy atom. The van der Waals surface area contributed by atoms with Crippen LogP contribution < -0.4 is 16.8 Å². The number of aryl methyl sites for hydroxylation is 1. The maximum absolute atomic E-state index is 5.67. The fourth-order valence-electron chi connectivity index (χ4n) is 1.09. The van der Waals surface area contributed by atoms with E-state index in [1.54, 1.807) is 0 Å². The Morgan fingerprint density at radius 3 is 2.85 bits per heavy atom. The first-order valence-electron chi connectivity index (χ1n) is 4.48. The molecule has 0 aliphatic carbocycles. The van der Waals surface area contributed by atoms with E-state index < -0.39 is 0 Å². The van der Waals surface area contributed by atoms with Crippen molar-refractivity contribution in [3.05, 3.63) is 29.8 Å². The van der Waals surface area contributed by atoms with Crippen LogP contribution in [0.4, 0.5) is 5.69 Å².